The smallest absolute Gasteiger partial charge is 0.408 e. The van der Waals surface area contributed by atoms with Crippen LogP contribution in [0.15, 0.2) is 66.7 Å². The summed E-state index contributed by atoms with van der Waals surface area (Å²) in [6.07, 6.45) is 0.903. The summed E-state index contributed by atoms with van der Waals surface area (Å²) in [4.78, 5) is 43.1. The van der Waals surface area contributed by atoms with Gasteiger partial charge in [0.05, 0.1) is 10.7 Å². The number of aromatic hydroxyl groups is 1. The van der Waals surface area contributed by atoms with E-state index in [4.69, 9.17) is 16.3 Å². The minimum absolute atomic E-state index is 0.0812. The molecule has 1 fully saturated rings. The summed E-state index contributed by atoms with van der Waals surface area (Å²) in [6, 6.07) is 17.3. The lowest BCUT2D eigenvalue weighted by Crippen LogP contribution is -2.54. The van der Waals surface area contributed by atoms with Crippen molar-refractivity contribution >= 4 is 35.2 Å². The summed E-state index contributed by atoms with van der Waals surface area (Å²) in [5.41, 5.74) is 2.41. The molecule has 222 valence electrons. The van der Waals surface area contributed by atoms with Crippen LogP contribution in [0.25, 0.3) is 0 Å². The van der Waals surface area contributed by atoms with Crippen molar-refractivity contribution in [1.29, 1.82) is 0 Å². The Kier molecular flexibility index (Phi) is 9.46. The van der Waals surface area contributed by atoms with Gasteiger partial charge in [-0.1, -0.05) is 60.1 Å². The number of amides is 3. The second kappa shape index (κ2) is 12.9. The third kappa shape index (κ3) is 7.82. The van der Waals surface area contributed by atoms with Gasteiger partial charge in [-0.15, -0.1) is 0 Å². The van der Waals surface area contributed by atoms with Crippen molar-refractivity contribution in [2.24, 2.45) is 0 Å². The van der Waals surface area contributed by atoms with Crippen LogP contribution in [0.4, 0.5) is 10.5 Å². The first-order chi connectivity index (χ1) is 19.8. The Hall–Kier alpha value is -4.04. The number of hydrogen-bond donors (Lipinski definition) is 3. The second-order valence-electron chi connectivity index (χ2n) is 11.7. The maximum absolute atomic E-state index is 14.5. The highest BCUT2D eigenvalue weighted by Gasteiger charge is 2.44. The van der Waals surface area contributed by atoms with Crippen LogP contribution in [0.1, 0.15) is 61.9 Å². The molecular weight excluding hydrogens is 554 g/mol. The first-order valence-corrected chi connectivity index (χ1v) is 14.4. The van der Waals surface area contributed by atoms with Gasteiger partial charge in [-0.25, -0.2) is 4.79 Å². The maximum Gasteiger partial charge on any atom is 0.408 e. The summed E-state index contributed by atoms with van der Waals surface area (Å²) in [7, 11) is 0. The fourth-order valence-electron chi connectivity index (χ4n) is 4.82. The van der Waals surface area contributed by atoms with Crippen LogP contribution < -0.4 is 10.6 Å². The van der Waals surface area contributed by atoms with Crippen molar-refractivity contribution in [1.82, 2.24) is 10.2 Å². The van der Waals surface area contributed by atoms with E-state index < -0.39 is 35.6 Å². The Morgan fingerprint density at radius 3 is 2.29 bits per heavy atom. The number of carbonyl (C=O) groups is 3. The normalized spacial score (nSPS) is 14.4. The summed E-state index contributed by atoms with van der Waals surface area (Å²) in [5.74, 6) is -0.779. The first kappa shape index (κ1) is 30.9. The Morgan fingerprint density at radius 2 is 1.69 bits per heavy atom. The number of alkyl carbamates (subject to hydrolysis) is 1. The minimum Gasteiger partial charge on any atom is -0.508 e. The molecule has 2 atom stereocenters. The van der Waals surface area contributed by atoms with Crippen molar-refractivity contribution in [3.05, 3.63) is 94.0 Å². The molecule has 4 rings (SSSR count). The topological polar surface area (TPSA) is 108 Å². The number of nitrogens with one attached hydrogen (secondary N) is 2. The van der Waals surface area contributed by atoms with Crippen LogP contribution in [-0.4, -0.2) is 45.6 Å². The molecule has 0 heterocycles. The number of ether oxygens (including phenoxy) is 1. The average Bonchev–Trinajstić information content (AvgIpc) is 3.75. The third-order valence-electron chi connectivity index (χ3n) is 7.00. The van der Waals surface area contributed by atoms with Gasteiger partial charge in [0.1, 0.15) is 23.4 Å². The van der Waals surface area contributed by atoms with Crippen molar-refractivity contribution in [3.8, 4) is 5.75 Å². The molecule has 0 aromatic heterocycles. The van der Waals surface area contributed by atoms with Gasteiger partial charge < -0.3 is 25.4 Å². The van der Waals surface area contributed by atoms with E-state index in [9.17, 15) is 19.5 Å². The second-order valence-corrected chi connectivity index (χ2v) is 12.1. The maximum atomic E-state index is 14.5. The quantitative estimate of drug-likeness (QED) is 0.264. The number of hydrogen-bond acceptors (Lipinski definition) is 5. The highest BCUT2D eigenvalue weighted by molar-refractivity contribution is 6.34. The summed E-state index contributed by atoms with van der Waals surface area (Å²) in [5, 5.41) is 16.3. The Bertz CT molecular complexity index is 1430. The molecule has 3 amide bonds. The molecule has 0 radical (unpaired) electrons. The lowest BCUT2D eigenvalue weighted by molar-refractivity contribution is -0.141. The number of rotatable bonds is 9. The lowest BCUT2D eigenvalue weighted by atomic mass is 9.98. The molecule has 0 bridgehead atoms. The van der Waals surface area contributed by atoms with E-state index in [0.717, 1.165) is 11.1 Å². The highest BCUT2D eigenvalue weighted by Crippen LogP contribution is 2.38. The van der Waals surface area contributed by atoms with Crippen LogP contribution in [0.3, 0.4) is 0 Å². The van der Waals surface area contributed by atoms with Crippen molar-refractivity contribution in [2.45, 2.75) is 77.6 Å². The van der Waals surface area contributed by atoms with E-state index in [1.54, 1.807) is 56.9 Å². The van der Waals surface area contributed by atoms with Gasteiger partial charge in [0, 0.05) is 12.5 Å². The molecule has 8 nitrogen and oxygen atoms in total. The molecule has 1 saturated carbocycles. The lowest BCUT2D eigenvalue weighted by Gasteiger charge is -2.35. The molecule has 42 heavy (non-hydrogen) atoms. The average molecular weight is 592 g/mol. The van der Waals surface area contributed by atoms with E-state index in [-0.39, 0.29) is 18.2 Å². The number of phenols is 1. The molecule has 0 spiro atoms. The van der Waals surface area contributed by atoms with E-state index in [1.807, 2.05) is 43.3 Å². The predicted octanol–water partition coefficient (Wildman–Crippen LogP) is 6.47. The zero-order valence-corrected chi connectivity index (χ0v) is 25.4. The van der Waals surface area contributed by atoms with Crippen molar-refractivity contribution < 1.29 is 24.2 Å². The van der Waals surface area contributed by atoms with Gasteiger partial charge in [-0.2, -0.15) is 0 Å². The summed E-state index contributed by atoms with van der Waals surface area (Å²) >= 11 is 6.45. The molecule has 2 unspecified atom stereocenters. The fourth-order valence-corrected chi connectivity index (χ4v) is 5.09. The minimum atomic E-state index is -1.06. The molecule has 1 aliphatic carbocycles. The fraction of sp³-hybridized carbons (Fsp3) is 0.364. The van der Waals surface area contributed by atoms with Gasteiger partial charge >= 0.3 is 6.09 Å². The summed E-state index contributed by atoms with van der Waals surface area (Å²) < 4.78 is 5.50. The number of carbonyl (C=O) groups excluding carboxylic acids is 3. The predicted molar refractivity (Wildman–Crippen MR) is 164 cm³/mol. The van der Waals surface area contributed by atoms with Gasteiger partial charge in [0.2, 0.25) is 5.91 Å². The molecule has 1 aliphatic rings. The Morgan fingerprint density at radius 1 is 1.00 bits per heavy atom. The zero-order chi connectivity index (χ0) is 30.6. The van der Waals surface area contributed by atoms with Crippen molar-refractivity contribution in [3.63, 3.8) is 0 Å². The molecule has 3 aromatic rings. The first-order valence-electron chi connectivity index (χ1n) is 14.0. The number of nitrogens with zero attached hydrogens (tertiary/aromatic N) is 1. The van der Waals surface area contributed by atoms with Crippen LogP contribution in [0.5, 0.6) is 5.75 Å². The van der Waals surface area contributed by atoms with Crippen molar-refractivity contribution in [2.75, 3.05) is 5.32 Å². The van der Waals surface area contributed by atoms with Crippen LogP contribution in [-0.2, 0) is 20.7 Å². The van der Waals surface area contributed by atoms with Gasteiger partial charge in [0.25, 0.3) is 5.91 Å². The molecular formula is C33H38ClN3O5. The molecule has 0 aliphatic heterocycles. The SMILES string of the molecule is Cc1cc(C(C(=O)Nc2c(C)cccc2Cl)N(C(=O)C(Cc2ccccc2)NC(=O)OC(C)(C)C)C2CC2)ccc1O. The monoisotopic (exact) mass is 591 g/mol. The van der Waals surface area contributed by atoms with Crippen LogP contribution in [0, 0.1) is 13.8 Å². The Labute approximate surface area is 252 Å². The number of para-hydroxylation sites is 1. The molecule has 3 N–H and O–H groups in total. The van der Waals surface area contributed by atoms with Gasteiger partial charge in [-0.05, 0) is 87.9 Å². The number of benzene rings is 3. The van der Waals surface area contributed by atoms with Crippen LogP contribution in [0.2, 0.25) is 5.02 Å². The van der Waals surface area contributed by atoms with E-state index >= 15 is 0 Å². The third-order valence-corrected chi connectivity index (χ3v) is 7.31. The zero-order valence-electron chi connectivity index (χ0n) is 24.6. The van der Waals surface area contributed by atoms with Gasteiger partial charge in [-0.3, -0.25) is 9.59 Å². The van der Waals surface area contributed by atoms with Gasteiger partial charge in [0.15, 0.2) is 0 Å². The number of aryl methyl sites for hydroxylation is 2. The highest BCUT2D eigenvalue weighted by atomic mass is 35.5. The van der Waals surface area contributed by atoms with Crippen LogP contribution >= 0.6 is 11.6 Å². The molecule has 0 saturated heterocycles. The number of anilines is 1. The summed E-state index contributed by atoms with van der Waals surface area (Å²) in [6.45, 7) is 8.83. The van der Waals surface area contributed by atoms with E-state index in [0.29, 0.717) is 34.7 Å². The molecule has 3 aromatic carbocycles. The standard InChI is InChI=1S/C33H38ClN3O5/c1-20-10-9-13-25(34)28(20)36-30(39)29(23-14-17-27(38)21(2)18-23)37(24-15-16-24)31(40)26(19-22-11-7-6-8-12-22)35-32(41)42-33(3,4)5/h6-14,17-18,24,26,29,38H,15-16,19H2,1-5H3,(H,35,41)(H,36,39). The molecule has 9 heteroatoms. The van der Waals surface area contributed by atoms with E-state index in [2.05, 4.69) is 10.6 Å². The Balaban J connectivity index is 1.76. The number of halogens is 1. The number of phenolic OH excluding ortho intramolecular Hbond substituents is 1. The van der Waals surface area contributed by atoms with E-state index in [1.165, 1.54) is 6.07 Å². The largest absolute Gasteiger partial charge is 0.508 e.